The lowest BCUT2D eigenvalue weighted by molar-refractivity contribution is 0.268. The van der Waals surface area contributed by atoms with Crippen molar-refractivity contribution < 1.29 is 0 Å². The first kappa shape index (κ1) is 10.8. The highest BCUT2D eigenvalue weighted by Gasteiger charge is 2.13. The lowest BCUT2D eigenvalue weighted by Crippen LogP contribution is -2.28. The molecule has 0 aliphatic carbocycles. The smallest absolute Gasteiger partial charge is 0.203 e. The van der Waals surface area contributed by atoms with Crippen molar-refractivity contribution in [2.24, 2.45) is 0 Å². The minimum absolute atomic E-state index is 0.567. The Hall–Kier alpha value is -0.720. The first-order chi connectivity index (χ1) is 7.24. The minimum atomic E-state index is 0.567. The summed E-state index contributed by atoms with van der Waals surface area (Å²) in [4.78, 5) is 4.79. The Morgan fingerprint density at radius 3 is 2.87 bits per heavy atom. The van der Waals surface area contributed by atoms with E-state index in [0.717, 1.165) is 31.2 Å². The number of rotatable bonds is 2. The van der Waals surface area contributed by atoms with E-state index in [1.165, 1.54) is 24.3 Å². The molecule has 0 saturated carbocycles. The molecule has 1 fully saturated rings. The predicted octanol–water partition coefficient (Wildman–Crippen LogP) is 0.258. The minimum Gasteiger partial charge on any atom is -0.374 e. The number of likely N-dealkylation sites (N-methyl/N-ethyl adjacent to an activating group) is 1. The van der Waals surface area contributed by atoms with Gasteiger partial charge >= 0.3 is 0 Å². The van der Waals surface area contributed by atoms with Gasteiger partial charge in [-0.2, -0.15) is 0 Å². The number of anilines is 1. The second-order valence-corrected chi connectivity index (χ2v) is 5.06. The van der Waals surface area contributed by atoms with Gasteiger partial charge < -0.3 is 10.6 Å². The SMILES string of the molecule is CN1CCCN(Cc2nnc(N)s2)CC1. The van der Waals surface area contributed by atoms with Gasteiger partial charge in [0.25, 0.3) is 0 Å². The molecule has 0 bridgehead atoms. The molecule has 1 aromatic rings. The lowest BCUT2D eigenvalue weighted by atomic mass is 10.4. The summed E-state index contributed by atoms with van der Waals surface area (Å²) in [6, 6.07) is 0. The van der Waals surface area contributed by atoms with Crippen LogP contribution >= 0.6 is 11.3 Å². The van der Waals surface area contributed by atoms with Crippen LogP contribution < -0.4 is 5.73 Å². The van der Waals surface area contributed by atoms with E-state index in [-0.39, 0.29) is 0 Å². The van der Waals surface area contributed by atoms with Crippen LogP contribution in [-0.2, 0) is 6.54 Å². The molecule has 1 aliphatic heterocycles. The van der Waals surface area contributed by atoms with Gasteiger partial charge in [0.05, 0.1) is 6.54 Å². The third kappa shape index (κ3) is 3.12. The number of nitrogens with two attached hydrogens (primary N) is 1. The van der Waals surface area contributed by atoms with E-state index in [1.807, 2.05) is 0 Å². The van der Waals surface area contributed by atoms with E-state index in [9.17, 15) is 0 Å². The summed E-state index contributed by atoms with van der Waals surface area (Å²) in [5.74, 6) is 0. The highest BCUT2D eigenvalue weighted by atomic mass is 32.1. The fraction of sp³-hybridized carbons (Fsp3) is 0.778. The van der Waals surface area contributed by atoms with Crippen LogP contribution in [0.3, 0.4) is 0 Å². The Labute approximate surface area is 93.9 Å². The molecule has 2 rings (SSSR count). The average molecular weight is 227 g/mol. The van der Waals surface area contributed by atoms with Gasteiger partial charge in [-0.15, -0.1) is 10.2 Å². The molecule has 0 amide bonds. The van der Waals surface area contributed by atoms with Crippen LogP contribution in [0.15, 0.2) is 0 Å². The monoisotopic (exact) mass is 227 g/mol. The van der Waals surface area contributed by atoms with Crippen LogP contribution in [0.25, 0.3) is 0 Å². The Balaban J connectivity index is 1.88. The van der Waals surface area contributed by atoms with Gasteiger partial charge in [0.15, 0.2) is 0 Å². The number of hydrogen-bond donors (Lipinski definition) is 1. The number of hydrogen-bond acceptors (Lipinski definition) is 6. The van der Waals surface area contributed by atoms with Crippen LogP contribution in [0.1, 0.15) is 11.4 Å². The lowest BCUT2D eigenvalue weighted by Gasteiger charge is -2.17. The van der Waals surface area contributed by atoms with E-state index in [4.69, 9.17) is 5.73 Å². The van der Waals surface area contributed by atoms with Crippen LogP contribution in [0.5, 0.6) is 0 Å². The fourth-order valence-corrected chi connectivity index (χ4v) is 2.43. The maximum atomic E-state index is 5.55. The Kier molecular flexibility index (Phi) is 3.50. The van der Waals surface area contributed by atoms with Crippen molar-refractivity contribution in [2.75, 3.05) is 39.0 Å². The second kappa shape index (κ2) is 4.87. The molecule has 0 spiro atoms. The van der Waals surface area contributed by atoms with Crippen molar-refractivity contribution in [3.05, 3.63) is 5.01 Å². The molecule has 84 valence electrons. The standard InChI is InChI=1S/C9H17N5S/c1-13-3-2-4-14(6-5-13)7-8-11-12-9(10)15-8/h2-7H2,1H3,(H2,10,12). The molecule has 0 radical (unpaired) electrons. The van der Waals surface area contributed by atoms with E-state index in [1.54, 1.807) is 0 Å². The van der Waals surface area contributed by atoms with Crippen molar-refractivity contribution >= 4 is 16.5 Å². The van der Waals surface area contributed by atoms with Crippen molar-refractivity contribution in [1.82, 2.24) is 20.0 Å². The van der Waals surface area contributed by atoms with Crippen LogP contribution in [0.2, 0.25) is 0 Å². The maximum Gasteiger partial charge on any atom is 0.203 e. The molecule has 0 atom stereocenters. The van der Waals surface area contributed by atoms with Crippen LogP contribution in [0, 0.1) is 0 Å². The third-order valence-corrected chi connectivity index (χ3v) is 3.39. The third-order valence-electron chi connectivity index (χ3n) is 2.65. The molecule has 2 N–H and O–H groups in total. The molecular weight excluding hydrogens is 210 g/mol. The molecule has 0 aromatic carbocycles. The molecule has 1 aliphatic rings. The summed E-state index contributed by atoms with van der Waals surface area (Å²) in [5.41, 5.74) is 5.55. The zero-order valence-electron chi connectivity index (χ0n) is 9.02. The van der Waals surface area contributed by atoms with Crippen molar-refractivity contribution in [3.8, 4) is 0 Å². The first-order valence-corrected chi connectivity index (χ1v) is 6.04. The normalized spacial score (nSPS) is 20.3. The fourth-order valence-electron chi connectivity index (χ4n) is 1.78. The number of nitrogen functional groups attached to an aromatic ring is 1. The molecular formula is C9H17N5S. The van der Waals surface area contributed by atoms with Crippen molar-refractivity contribution in [1.29, 1.82) is 0 Å². The van der Waals surface area contributed by atoms with Gasteiger partial charge in [0.1, 0.15) is 5.01 Å². The Bertz CT molecular complexity index is 313. The largest absolute Gasteiger partial charge is 0.374 e. The Morgan fingerprint density at radius 1 is 1.27 bits per heavy atom. The van der Waals surface area contributed by atoms with Crippen LogP contribution in [-0.4, -0.2) is 53.2 Å². The number of nitrogens with zero attached hydrogens (tertiary/aromatic N) is 4. The highest BCUT2D eigenvalue weighted by molar-refractivity contribution is 7.15. The quantitative estimate of drug-likeness (QED) is 0.785. The molecule has 5 nitrogen and oxygen atoms in total. The summed E-state index contributed by atoms with van der Waals surface area (Å²) in [6.45, 7) is 5.46. The summed E-state index contributed by atoms with van der Waals surface area (Å²) >= 11 is 1.49. The summed E-state index contributed by atoms with van der Waals surface area (Å²) in [7, 11) is 2.17. The van der Waals surface area contributed by atoms with Gasteiger partial charge in [0.2, 0.25) is 5.13 Å². The first-order valence-electron chi connectivity index (χ1n) is 5.23. The van der Waals surface area contributed by atoms with E-state index in [2.05, 4.69) is 27.0 Å². The van der Waals surface area contributed by atoms with Crippen LogP contribution in [0.4, 0.5) is 5.13 Å². The second-order valence-electron chi connectivity index (χ2n) is 3.97. The summed E-state index contributed by atoms with van der Waals surface area (Å²) < 4.78 is 0. The topological polar surface area (TPSA) is 58.3 Å². The van der Waals surface area contributed by atoms with E-state index in [0.29, 0.717) is 5.13 Å². The average Bonchev–Trinajstić information content (AvgIpc) is 2.48. The summed E-state index contributed by atoms with van der Waals surface area (Å²) in [6.07, 6.45) is 1.23. The molecule has 2 heterocycles. The zero-order chi connectivity index (χ0) is 10.7. The van der Waals surface area contributed by atoms with Gasteiger partial charge in [-0.05, 0) is 26.6 Å². The van der Waals surface area contributed by atoms with Gasteiger partial charge in [-0.3, -0.25) is 4.90 Å². The summed E-state index contributed by atoms with van der Waals surface area (Å²) in [5, 5.41) is 9.47. The number of aromatic nitrogens is 2. The highest BCUT2D eigenvalue weighted by Crippen LogP contribution is 2.14. The Morgan fingerprint density at radius 2 is 2.13 bits per heavy atom. The van der Waals surface area contributed by atoms with E-state index >= 15 is 0 Å². The molecule has 0 unspecified atom stereocenters. The molecule has 15 heavy (non-hydrogen) atoms. The van der Waals surface area contributed by atoms with Crippen molar-refractivity contribution in [3.63, 3.8) is 0 Å². The van der Waals surface area contributed by atoms with Gasteiger partial charge in [-0.1, -0.05) is 11.3 Å². The molecule has 1 aromatic heterocycles. The zero-order valence-corrected chi connectivity index (χ0v) is 9.83. The predicted molar refractivity (Wildman–Crippen MR) is 61.7 cm³/mol. The van der Waals surface area contributed by atoms with Gasteiger partial charge in [-0.25, -0.2) is 0 Å². The molecule has 6 heteroatoms. The molecule has 1 saturated heterocycles. The van der Waals surface area contributed by atoms with Crippen molar-refractivity contribution in [2.45, 2.75) is 13.0 Å². The van der Waals surface area contributed by atoms with Gasteiger partial charge in [0, 0.05) is 13.1 Å². The van der Waals surface area contributed by atoms with E-state index < -0.39 is 0 Å². The maximum absolute atomic E-state index is 5.55.